The van der Waals surface area contributed by atoms with Crippen LogP contribution in [0.2, 0.25) is 0 Å². The maximum absolute atomic E-state index is 4.55. The van der Waals surface area contributed by atoms with Crippen molar-refractivity contribution in [1.29, 1.82) is 0 Å². The van der Waals surface area contributed by atoms with Crippen molar-refractivity contribution in [3.8, 4) is 0 Å². The summed E-state index contributed by atoms with van der Waals surface area (Å²) in [5.41, 5.74) is 2.46. The molecule has 0 radical (unpaired) electrons. The van der Waals surface area contributed by atoms with Gasteiger partial charge in [-0.2, -0.15) is 5.10 Å². The molecule has 0 aliphatic carbocycles. The molecule has 0 spiro atoms. The summed E-state index contributed by atoms with van der Waals surface area (Å²) < 4.78 is 2.13. The van der Waals surface area contributed by atoms with Crippen molar-refractivity contribution in [2.24, 2.45) is 5.92 Å². The molecule has 3 nitrogen and oxygen atoms in total. The van der Waals surface area contributed by atoms with E-state index in [1.807, 2.05) is 0 Å². The molecular formula is C14H27N3. The van der Waals surface area contributed by atoms with Crippen molar-refractivity contribution >= 4 is 0 Å². The average molecular weight is 237 g/mol. The lowest BCUT2D eigenvalue weighted by Gasteiger charge is -2.25. The normalized spacial score (nSPS) is 14.9. The maximum atomic E-state index is 4.55. The van der Waals surface area contributed by atoms with Crippen LogP contribution in [-0.2, 0) is 6.54 Å². The summed E-state index contributed by atoms with van der Waals surface area (Å²) in [4.78, 5) is 0. The first-order valence-corrected chi connectivity index (χ1v) is 6.91. The molecule has 0 saturated heterocycles. The van der Waals surface area contributed by atoms with Crippen molar-refractivity contribution in [2.45, 2.75) is 60.0 Å². The van der Waals surface area contributed by atoms with E-state index in [0.717, 1.165) is 18.8 Å². The fourth-order valence-electron chi connectivity index (χ4n) is 2.20. The van der Waals surface area contributed by atoms with E-state index in [0.29, 0.717) is 12.0 Å². The Hall–Kier alpha value is -0.830. The van der Waals surface area contributed by atoms with Gasteiger partial charge in [0.15, 0.2) is 0 Å². The first kappa shape index (κ1) is 14.2. The van der Waals surface area contributed by atoms with E-state index in [1.54, 1.807) is 0 Å². The highest BCUT2D eigenvalue weighted by Crippen LogP contribution is 2.25. The van der Waals surface area contributed by atoms with E-state index in [1.165, 1.54) is 18.5 Å². The van der Waals surface area contributed by atoms with Gasteiger partial charge in [-0.05, 0) is 38.8 Å². The minimum Gasteiger partial charge on any atom is -0.308 e. The van der Waals surface area contributed by atoms with Gasteiger partial charge in [0.1, 0.15) is 0 Å². The van der Waals surface area contributed by atoms with Crippen LogP contribution < -0.4 is 5.32 Å². The van der Waals surface area contributed by atoms with Gasteiger partial charge in [-0.15, -0.1) is 0 Å². The van der Waals surface area contributed by atoms with Gasteiger partial charge in [0.2, 0.25) is 0 Å². The summed E-state index contributed by atoms with van der Waals surface area (Å²) in [5.74, 6) is 0.642. The molecule has 0 amide bonds. The Morgan fingerprint density at radius 2 is 2.06 bits per heavy atom. The van der Waals surface area contributed by atoms with Crippen LogP contribution in [0, 0.1) is 12.8 Å². The van der Waals surface area contributed by atoms with E-state index >= 15 is 0 Å². The summed E-state index contributed by atoms with van der Waals surface area (Å²) in [6, 6.07) is 2.66. The second-order valence-corrected chi connectivity index (χ2v) is 4.84. The molecule has 98 valence electrons. The van der Waals surface area contributed by atoms with Gasteiger partial charge in [0.25, 0.3) is 0 Å². The number of hydrogen-bond acceptors (Lipinski definition) is 2. The molecule has 1 aromatic heterocycles. The molecule has 0 aliphatic heterocycles. The Morgan fingerprint density at radius 3 is 2.59 bits per heavy atom. The van der Waals surface area contributed by atoms with Gasteiger partial charge in [-0.25, -0.2) is 0 Å². The van der Waals surface area contributed by atoms with Gasteiger partial charge in [0.05, 0.1) is 17.4 Å². The highest BCUT2D eigenvalue weighted by Gasteiger charge is 2.21. The average Bonchev–Trinajstić information content (AvgIpc) is 2.70. The van der Waals surface area contributed by atoms with E-state index in [2.05, 4.69) is 55.8 Å². The van der Waals surface area contributed by atoms with Crippen LogP contribution in [0.4, 0.5) is 0 Å². The van der Waals surface area contributed by atoms with Crippen molar-refractivity contribution in [2.75, 3.05) is 6.54 Å². The van der Waals surface area contributed by atoms with E-state index in [9.17, 15) is 0 Å². The molecule has 3 heteroatoms. The predicted octanol–water partition coefficient (Wildman–Crippen LogP) is 3.30. The zero-order chi connectivity index (χ0) is 12.8. The molecule has 1 aromatic rings. The fourth-order valence-corrected chi connectivity index (χ4v) is 2.20. The minimum atomic E-state index is 0.432. The van der Waals surface area contributed by atoms with Crippen LogP contribution in [0.1, 0.15) is 58.0 Å². The van der Waals surface area contributed by atoms with Gasteiger partial charge in [-0.1, -0.05) is 27.2 Å². The molecule has 17 heavy (non-hydrogen) atoms. The van der Waals surface area contributed by atoms with Gasteiger partial charge in [-0.3, -0.25) is 4.68 Å². The number of hydrogen-bond donors (Lipinski definition) is 1. The zero-order valence-corrected chi connectivity index (χ0v) is 12.0. The summed E-state index contributed by atoms with van der Waals surface area (Å²) in [6.45, 7) is 13.0. The zero-order valence-electron chi connectivity index (χ0n) is 12.0. The number of nitrogens with one attached hydrogen (secondary N) is 1. The van der Waals surface area contributed by atoms with Gasteiger partial charge in [0, 0.05) is 6.54 Å². The molecule has 1 rings (SSSR count). The predicted molar refractivity (Wildman–Crippen MR) is 73.1 cm³/mol. The number of aryl methyl sites for hydroxylation is 2. The van der Waals surface area contributed by atoms with Crippen LogP contribution in [0.15, 0.2) is 6.07 Å². The Morgan fingerprint density at radius 1 is 1.35 bits per heavy atom. The van der Waals surface area contributed by atoms with Crippen LogP contribution in [0.5, 0.6) is 0 Å². The van der Waals surface area contributed by atoms with E-state index in [-0.39, 0.29) is 0 Å². The Bertz CT molecular complexity index is 330. The molecule has 0 fully saturated rings. The quantitative estimate of drug-likeness (QED) is 0.788. The maximum Gasteiger partial charge on any atom is 0.0597 e. The summed E-state index contributed by atoms with van der Waals surface area (Å²) in [7, 11) is 0. The summed E-state index contributed by atoms with van der Waals surface area (Å²) >= 11 is 0. The monoisotopic (exact) mass is 237 g/mol. The fraction of sp³-hybridized carbons (Fsp3) is 0.786. The lowest BCUT2D eigenvalue weighted by Crippen LogP contribution is -2.29. The lowest BCUT2D eigenvalue weighted by atomic mass is 9.96. The van der Waals surface area contributed by atoms with Crippen molar-refractivity contribution in [1.82, 2.24) is 15.1 Å². The third kappa shape index (κ3) is 3.56. The first-order chi connectivity index (χ1) is 8.13. The third-order valence-corrected chi connectivity index (χ3v) is 3.38. The second kappa shape index (κ2) is 6.80. The van der Waals surface area contributed by atoms with Crippen LogP contribution in [0.25, 0.3) is 0 Å². The minimum absolute atomic E-state index is 0.432. The van der Waals surface area contributed by atoms with E-state index in [4.69, 9.17) is 0 Å². The summed E-state index contributed by atoms with van der Waals surface area (Å²) in [5, 5.41) is 8.22. The SMILES string of the molecule is CCCNC(c1cc(C)nn1CC)C(C)CC. The Kier molecular flexibility index (Phi) is 5.69. The molecule has 0 aliphatic rings. The number of rotatable bonds is 7. The van der Waals surface area contributed by atoms with Crippen LogP contribution >= 0.6 is 0 Å². The van der Waals surface area contributed by atoms with Crippen molar-refractivity contribution < 1.29 is 0 Å². The largest absolute Gasteiger partial charge is 0.308 e. The van der Waals surface area contributed by atoms with Crippen LogP contribution in [0.3, 0.4) is 0 Å². The van der Waals surface area contributed by atoms with E-state index < -0.39 is 0 Å². The molecule has 0 bridgehead atoms. The lowest BCUT2D eigenvalue weighted by molar-refractivity contribution is 0.354. The molecule has 1 heterocycles. The summed E-state index contributed by atoms with van der Waals surface area (Å²) in [6.07, 6.45) is 2.36. The number of nitrogens with zero attached hydrogens (tertiary/aromatic N) is 2. The molecular weight excluding hydrogens is 210 g/mol. The standard InChI is InChI=1S/C14H27N3/c1-6-9-15-14(11(4)7-2)13-10-12(5)16-17(13)8-3/h10-11,14-15H,6-9H2,1-5H3. The second-order valence-electron chi connectivity index (χ2n) is 4.84. The molecule has 1 N–H and O–H groups in total. The Labute approximate surface area is 106 Å². The first-order valence-electron chi connectivity index (χ1n) is 6.91. The topological polar surface area (TPSA) is 29.9 Å². The van der Waals surface area contributed by atoms with Gasteiger partial charge < -0.3 is 5.32 Å². The third-order valence-electron chi connectivity index (χ3n) is 3.38. The van der Waals surface area contributed by atoms with Crippen molar-refractivity contribution in [3.05, 3.63) is 17.5 Å². The highest BCUT2D eigenvalue weighted by atomic mass is 15.3. The van der Waals surface area contributed by atoms with Crippen LogP contribution in [-0.4, -0.2) is 16.3 Å². The highest BCUT2D eigenvalue weighted by molar-refractivity contribution is 5.14. The molecule has 0 saturated carbocycles. The Balaban J connectivity index is 2.94. The smallest absolute Gasteiger partial charge is 0.0597 e. The van der Waals surface area contributed by atoms with Crippen molar-refractivity contribution in [3.63, 3.8) is 0 Å². The van der Waals surface area contributed by atoms with Gasteiger partial charge >= 0.3 is 0 Å². The molecule has 0 aromatic carbocycles. The molecule has 2 unspecified atom stereocenters. The number of aromatic nitrogens is 2. The molecule has 2 atom stereocenters.